The molecule has 23 heavy (non-hydrogen) atoms. The molecule has 3 amide bonds. The SMILES string of the molecule is O=C1C2CC3(CN2C(=O)C2CCCN12)C(=O)Nc1ccccc13. The van der Waals surface area contributed by atoms with E-state index in [2.05, 4.69) is 5.32 Å². The third-order valence-electron chi connectivity index (χ3n) is 5.87. The number of nitrogens with one attached hydrogen (secondary N) is 1. The molecule has 4 heterocycles. The van der Waals surface area contributed by atoms with Crippen LogP contribution >= 0.6 is 0 Å². The van der Waals surface area contributed by atoms with E-state index in [4.69, 9.17) is 0 Å². The van der Waals surface area contributed by atoms with Gasteiger partial charge in [0.25, 0.3) is 0 Å². The van der Waals surface area contributed by atoms with Crippen LogP contribution in [0.2, 0.25) is 0 Å². The van der Waals surface area contributed by atoms with Gasteiger partial charge in [-0.15, -0.1) is 0 Å². The molecule has 0 aliphatic carbocycles. The van der Waals surface area contributed by atoms with Gasteiger partial charge in [-0.05, 0) is 30.9 Å². The highest BCUT2D eigenvalue weighted by Gasteiger charge is 2.61. The molecule has 0 radical (unpaired) electrons. The fourth-order valence-corrected chi connectivity index (χ4v) is 4.76. The molecule has 3 fully saturated rings. The van der Waals surface area contributed by atoms with Crippen molar-refractivity contribution in [2.24, 2.45) is 0 Å². The Morgan fingerprint density at radius 2 is 1.83 bits per heavy atom. The molecule has 3 saturated heterocycles. The van der Waals surface area contributed by atoms with Crippen molar-refractivity contribution in [2.75, 3.05) is 18.4 Å². The molecule has 1 N–H and O–H groups in total. The third kappa shape index (κ3) is 1.46. The van der Waals surface area contributed by atoms with Crippen molar-refractivity contribution in [3.8, 4) is 0 Å². The average Bonchev–Trinajstić information content (AvgIpc) is 3.24. The fraction of sp³-hybridized carbons (Fsp3) is 0.471. The summed E-state index contributed by atoms with van der Waals surface area (Å²) in [5, 5.41) is 2.92. The van der Waals surface area contributed by atoms with Crippen LogP contribution in [0.4, 0.5) is 5.69 Å². The van der Waals surface area contributed by atoms with E-state index in [-0.39, 0.29) is 23.8 Å². The monoisotopic (exact) mass is 311 g/mol. The standard InChI is InChI=1S/C17H17N3O3/c21-14-12-6-3-7-19(12)15(22)13-8-17(9-20(13)14)10-4-1-2-5-11(10)18-16(17)23/h1-2,4-5,12-13H,3,6-9H2,(H,18,23). The summed E-state index contributed by atoms with van der Waals surface area (Å²) >= 11 is 0. The molecule has 3 unspecified atom stereocenters. The van der Waals surface area contributed by atoms with Crippen LogP contribution in [0.1, 0.15) is 24.8 Å². The Labute approximate surface area is 133 Å². The van der Waals surface area contributed by atoms with E-state index in [0.29, 0.717) is 19.5 Å². The van der Waals surface area contributed by atoms with Gasteiger partial charge in [0.1, 0.15) is 12.1 Å². The number of benzene rings is 1. The van der Waals surface area contributed by atoms with E-state index in [1.54, 1.807) is 9.80 Å². The van der Waals surface area contributed by atoms with Gasteiger partial charge >= 0.3 is 0 Å². The van der Waals surface area contributed by atoms with Crippen molar-refractivity contribution in [2.45, 2.75) is 36.8 Å². The molecular weight excluding hydrogens is 294 g/mol. The van der Waals surface area contributed by atoms with Crippen molar-refractivity contribution in [3.63, 3.8) is 0 Å². The highest BCUT2D eigenvalue weighted by Crippen LogP contribution is 2.48. The van der Waals surface area contributed by atoms with Crippen LogP contribution in [-0.4, -0.2) is 52.7 Å². The molecule has 5 rings (SSSR count). The lowest BCUT2D eigenvalue weighted by Gasteiger charge is -2.38. The molecule has 0 aromatic heterocycles. The summed E-state index contributed by atoms with van der Waals surface area (Å²) in [6, 6.07) is 6.79. The van der Waals surface area contributed by atoms with Crippen LogP contribution in [0.3, 0.4) is 0 Å². The summed E-state index contributed by atoms with van der Waals surface area (Å²) in [6.45, 7) is 0.977. The minimum absolute atomic E-state index is 0.0150. The number of carbonyl (C=O) groups is 3. The number of amides is 3. The molecule has 0 saturated carbocycles. The van der Waals surface area contributed by atoms with Crippen LogP contribution in [0.25, 0.3) is 0 Å². The Hall–Kier alpha value is -2.37. The summed E-state index contributed by atoms with van der Waals surface area (Å²) in [5.41, 5.74) is 0.949. The van der Waals surface area contributed by atoms with Crippen molar-refractivity contribution >= 4 is 23.4 Å². The van der Waals surface area contributed by atoms with Crippen LogP contribution in [0.5, 0.6) is 0 Å². The van der Waals surface area contributed by atoms with Crippen LogP contribution < -0.4 is 5.32 Å². The molecule has 4 aliphatic rings. The van der Waals surface area contributed by atoms with Gasteiger partial charge in [-0.3, -0.25) is 14.4 Å². The molecule has 0 bridgehead atoms. The lowest BCUT2D eigenvalue weighted by Crippen LogP contribution is -2.60. The zero-order valence-corrected chi connectivity index (χ0v) is 12.6. The van der Waals surface area contributed by atoms with Gasteiger partial charge in [0.15, 0.2) is 0 Å². The number of hydrogen-bond acceptors (Lipinski definition) is 3. The molecule has 118 valence electrons. The summed E-state index contributed by atoms with van der Waals surface area (Å²) in [4.78, 5) is 41.7. The minimum Gasteiger partial charge on any atom is -0.329 e. The number of nitrogens with zero attached hydrogens (tertiary/aromatic N) is 2. The maximum atomic E-state index is 12.8. The number of hydrogen-bond donors (Lipinski definition) is 1. The number of rotatable bonds is 0. The number of fused-ring (bicyclic) bond motifs is 4. The van der Waals surface area contributed by atoms with E-state index in [0.717, 1.165) is 24.1 Å². The van der Waals surface area contributed by atoms with Crippen LogP contribution in [-0.2, 0) is 19.8 Å². The lowest BCUT2D eigenvalue weighted by atomic mass is 9.79. The second-order valence-corrected chi connectivity index (χ2v) is 6.96. The highest BCUT2D eigenvalue weighted by atomic mass is 16.2. The second kappa shape index (κ2) is 4.13. The van der Waals surface area contributed by atoms with E-state index >= 15 is 0 Å². The largest absolute Gasteiger partial charge is 0.329 e. The van der Waals surface area contributed by atoms with E-state index in [1.807, 2.05) is 24.3 Å². The normalized spacial score (nSPS) is 34.7. The first-order valence-electron chi connectivity index (χ1n) is 8.14. The van der Waals surface area contributed by atoms with Crippen LogP contribution in [0, 0.1) is 0 Å². The number of para-hydroxylation sites is 1. The molecule has 1 aromatic carbocycles. The first-order valence-corrected chi connectivity index (χ1v) is 8.14. The van der Waals surface area contributed by atoms with Crippen molar-refractivity contribution in [1.82, 2.24) is 9.80 Å². The van der Waals surface area contributed by atoms with E-state index in [9.17, 15) is 14.4 Å². The van der Waals surface area contributed by atoms with Crippen molar-refractivity contribution in [1.29, 1.82) is 0 Å². The van der Waals surface area contributed by atoms with Crippen LogP contribution in [0.15, 0.2) is 24.3 Å². The molecular formula is C17H17N3O3. The van der Waals surface area contributed by atoms with Crippen molar-refractivity contribution in [3.05, 3.63) is 29.8 Å². The summed E-state index contributed by atoms with van der Waals surface area (Å²) < 4.78 is 0. The lowest BCUT2D eigenvalue weighted by molar-refractivity contribution is -0.156. The first kappa shape index (κ1) is 13.1. The minimum atomic E-state index is -0.771. The van der Waals surface area contributed by atoms with Gasteiger partial charge in [-0.2, -0.15) is 0 Å². The van der Waals surface area contributed by atoms with Gasteiger partial charge < -0.3 is 15.1 Å². The first-order chi connectivity index (χ1) is 11.1. The molecule has 1 spiro atoms. The Kier molecular flexibility index (Phi) is 2.35. The van der Waals surface area contributed by atoms with E-state index in [1.165, 1.54) is 0 Å². The predicted molar refractivity (Wildman–Crippen MR) is 81.6 cm³/mol. The summed E-state index contributed by atoms with van der Waals surface area (Å²) in [7, 11) is 0. The second-order valence-electron chi connectivity index (χ2n) is 6.96. The van der Waals surface area contributed by atoms with Crippen molar-refractivity contribution < 1.29 is 14.4 Å². The fourth-order valence-electron chi connectivity index (χ4n) is 4.76. The predicted octanol–water partition coefficient (Wildman–Crippen LogP) is 0.482. The quantitative estimate of drug-likeness (QED) is 0.758. The average molecular weight is 311 g/mol. The Balaban J connectivity index is 1.59. The molecule has 6 nitrogen and oxygen atoms in total. The van der Waals surface area contributed by atoms with Gasteiger partial charge in [0.2, 0.25) is 17.7 Å². The summed E-state index contributed by atoms with van der Waals surface area (Å²) in [6.07, 6.45) is 2.02. The molecule has 1 aromatic rings. The third-order valence-corrected chi connectivity index (χ3v) is 5.87. The highest BCUT2D eigenvalue weighted by molar-refractivity contribution is 6.09. The Morgan fingerprint density at radius 1 is 1.04 bits per heavy atom. The molecule has 3 atom stereocenters. The van der Waals surface area contributed by atoms with Gasteiger partial charge in [0, 0.05) is 18.8 Å². The molecule has 6 heteroatoms. The zero-order valence-electron chi connectivity index (χ0n) is 12.6. The van der Waals surface area contributed by atoms with Gasteiger partial charge in [-0.25, -0.2) is 0 Å². The number of anilines is 1. The summed E-state index contributed by atoms with van der Waals surface area (Å²) in [5.74, 6) is -0.0591. The Morgan fingerprint density at radius 3 is 2.70 bits per heavy atom. The Bertz CT molecular complexity index is 729. The topological polar surface area (TPSA) is 69.7 Å². The van der Waals surface area contributed by atoms with E-state index < -0.39 is 11.5 Å². The van der Waals surface area contributed by atoms with Gasteiger partial charge in [-0.1, -0.05) is 18.2 Å². The number of carbonyl (C=O) groups excluding carboxylic acids is 3. The maximum Gasteiger partial charge on any atom is 0.246 e. The molecule has 4 aliphatic heterocycles. The zero-order chi connectivity index (χ0) is 15.8. The maximum absolute atomic E-state index is 12.8. The number of piperazine rings is 1. The smallest absolute Gasteiger partial charge is 0.246 e. The van der Waals surface area contributed by atoms with Gasteiger partial charge in [0.05, 0.1) is 5.41 Å².